The molecule has 0 aliphatic carbocycles. The van der Waals surface area contributed by atoms with E-state index in [0.717, 1.165) is 12.8 Å². The molecule has 0 bridgehead atoms. The Kier molecular flexibility index (Phi) is 7.71. The van der Waals surface area contributed by atoms with E-state index in [9.17, 15) is 9.90 Å². The molecule has 1 fully saturated rings. The summed E-state index contributed by atoms with van der Waals surface area (Å²) in [5.41, 5.74) is -0.627. The molecule has 180 valence electrons. The Morgan fingerprint density at radius 2 is 1.45 bits per heavy atom. The van der Waals surface area contributed by atoms with E-state index in [1.54, 1.807) is 0 Å². The number of piperidine rings is 1. The van der Waals surface area contributed by atoms with Crippen molar-refractivity contribution < 1.29 is 19.1 Å². The summed E-state index contributed by atoms with van der Waals surface area (Å²) in [5, 5.41) is 13.0. The molecule has 1 heterocycles. The van der Waals surface area contributed by atoms with Gasteiger partial charge in [-0.2, -0.15) is 0 Å². The van der Waals surface area contributed by atoms with Crippen LogP contribution in [-0.2, 0) is 9.16 Å². The number of likely N-dealkylation sites (tertiary alicyclic amines) is 1. The Morgan fingerprint density at radius 3 is 1.91 bits per heavy atom. The van der Waals surface area contributed by atoms with Gasteiger partial charge >= 0.3 is 6.09 Å². The van der Waals surface area contributed by atoms with E-state index >= 15 is 0 Å². The zero-order chi connectivity index (χ0) is 24.3. The minimum Gasteiger partial charge on any atom is -0.444 e. The topological polar surface area (TPSA) is 59.0 Å². The van der Waals surface area contributed by atoms with Crippen LogP contribution in [0.3, 0.4) is 0 Å². The molecule has 1 amide bonds. The molecule has 2 atom stereocenters. The maximum atomic E-state index is 13.0. The molecule has 0 saturated carbocycles. The van der Waals surface area contributed by atoms with Crippen molar-refractivity contribution in [2.45, 2.75) is 83.7 Å². The number of carbonyl (C=O) groups is 1. The third-order valence-corrected chi connectivity index (χ3v) is 11.2. The average Bonchev–Trinajstić information content (AvgIpc) is 2.73. The zero-order valence-electron chi connectivity index (χ0n) is 20.9. The Morgan fingerprint density at radius 1 is 0.939 bits per heavy atom. The number of aliphatic hydroxyl groups excluding tert-OH is 1. The van der Waals surface area contributed by atoms with Gasteiger partial charge in [0.15, 0.2) is 0 Å². The summed E-state index contributed by atoms with van der Waals surface area (Å²) < 4.78 is 12.7. The van der Waals surface area contributed by atoms with E-state index in [-0.39, 0.29) is 11.1 Å². The number of carbonyl (C=O) groups excluding carboxylic acids is 1. The van der Waals surface area contributed by atoms with Gasteiger partial charge in [0.25, 0.3) is 8.32 Å². The summed E-state index contributed by atoms with van der Waals surface area (Å²) >= 11 is 0. The molecule has 1 N–H and O–H groups in total. The number of amides is 1. The molecular weight excluding hydrogens is 430 g/mol. The van der Waals surface area contributed by atoms with Gasteiger partial charge in [-0.15, -0.1) is 0 Å². The minimum absolute atomic E-state index is 0.153. The first kappa shape index (κ1) is 25.5. The molecule has 1 saturated heterocycles. The molecule has 1 aliphatic rings. The van der Waals surface area contributed by atoms with Crippen molar-refractivity contribution in [3.8, 4) is 0 Å². The third-order valence-electron chi connectivity index (χ3n) is 6.23. The molecule has 0 radical (unpaired) electrons. The van der Waals surface area contributed by atoms with E-state index in [4.69, 9.17) is 9.16 Å². The highest BCUT2D eigenvalue weighted by atomic mass is 28.4. The van der Waals surface area contributed by atoms with Gasteiger partial charge in [0.2, 0.25) is 0 Å². The zero-order valence-corrected chi connectivity index (χ0v) is 21.9. The van der Waals surface area contributed by atoms with Gasteiger partial charge in [-0.1, -0.05) is 81.4 Å². The lowest BCUT2D eigenvalue weighted by molar-refractivity contribution is -0.0746. The van der Waals surface area contributed by atoms with Crippen LogP contribution in [0, 0.1) is 0 Å². The predicted molar refractivity (Wildman–Crippen MR) is 135 cm³/mol. The monoisotopic (exact) mass is 469 g/mol. The number of hydrogen-bond acceptors (Lipinski definition) is 4. The van der Waals surface area contributed by atoms with Crippen LogP contribution in [0.1, 0.15) is 60.8 Å². The second-order valence-electron chi connectivity index (χ2n) is 10.9. The second kappa shape index (κ2) is 10.00. The van der Waals surface area contributed by atoms with Gasteiger partial charge in [-0.25, -0.2) is 4.79 Å². The highest BCUT2D eigenvalue weighted by Gasteiger charge is 2.51. The molecule has 2 aromatic carbocycles. The Labute approximate surface area is 199 Å². The van der Waals surface area contributed by atoms with Gasteiger partial charge < -0.3 is 14.3 Å². The summed E-state index contributed by atoms with van der Waals surface area (Å²) in [6.07, 6.45) is 0.825. The number of nitrogens with zero attached hydrogens (tertiary/aromatic N) is 1. The van der Waals surface area contributed by atoms with Gasteiger partial charge in [-0.3, -0.25) is 4.90 Å². The van der Waals surface area contributed by atoms with E-state index in [1.165, 1.54) is 15.3 Å². The van der Waals surface area contributed by atoms with E-state index < -0.39 is 26.2 Å². The molecule has 33 heavy (non-hydrogen) atoms. The van der Waals surface area contributed by atoms with Crippen molar-refractivity contribution >= 4 is 24.8 Å². The first-order chi connectivity index (χ1) is 15.5. The van der Waals surface area contributed by atoms with Gasteiger partial charge in [0.05, 0.1) is 12.6 Å². The van der Waals surface area contributed by atoms with Crippen molar-refractivity contribution in [1.82, 2.24) is 4.90 Å². The Bertz CT molecular complexity index is 866. The predicted octanol–water partition coefficient (Wildman–Crippen LogP) is 4.67. The van der Waals surface area contributed by atoms with Crippen molar-refractivity contribution in [3.63, 3.8) is 0 Å². The van der Waals surface area contributed by atoms with Crippen LogP contribution in [0.2, 0.25) is 5.04 Å². The standard InChI is InChI=1S/C27H39NO4Si/c1-26(2,3)32-25(30)28-21(14-13-19-24(28)29)20-31-33(27(4,5)6,22-15-9-7-10-16-22)23-17-11-8-12-18-23/h7-12,15-18,21,24,29H,13-14,19-20H2,1-6H3/t21-,24?/m0/s1. The van der Waals surface area contributed by atoms with E-state index in [2.05, 4.69) is 69.3 Å². The van der Waals surface area contributed by atoms with Crippen LogP contribution in [0.25, 0.3) is 0 Å². The summed E-state index contributed by atoms with van der Waals surface area (Å²) in [4.78, 5) is 14.5. The quantitative estimate of drug-likeness (QED) is 0.647. The van der Waals surface area contributed by atoms with Gasteiger partial charge in [0, 0.05) is 0 Å². The first-order valence-electron chi connectivity index (χ1n) is 11.9. The molecule has 0 spiro atoms. The molecule has 3 rings (SSSR count). The van der Waals surface area contributed by atoms with Crippen LogP contribution in [0.4, 0.5) is 4.79 Å². The second-order valence-corrected chi connectivity index (χ2v) is 15.2. The van der Waals surface area contributed by atoms with Gasteiger partial charge in [-0.05, 0) is 55.4 Å². The summed E-state index contributed by atoms with van der Waals surface area (Å²) in [6, 6.07) is 20.7. The van der Waals surface area contributed by atoms with Crippen LogP contribution in [-0.4, -0.2) is 48.9 Å². The highest BCUT2D eigenvalue weighted by Crippen LogP contribution is 2.37. The van der Waals surface area contributed by atoms with Crippen molar-refractivity contribution in [1.29, 1.82) is 0 Å². The summed E-state index contributed by atoms with van der Waals surface area (Å²) in [7, 11) is -2.73. The summed E-state index contributed by atoms with van der Waals surface area (Å²) in [5.74, 6) is 0. The van der Waals surface area contributed by atoms with Crippen LogP contribution in [0.15, 0.2) is 60.7 Å². The van der Waals surface area contributed by atoms with Crippen LogP contribution >= 0.6 is 0 Å². The third kappa shape index (κ3) is 5.68. The smallest absolute Gasteiger partial charge is 0.412 e. The lowest BCUT2D eigenvalue weighted by Gasteiger charge is -2.46. The van der Waals surface area contributed by atoms with Crippen molar-refractivity contribution in [2.24, 2.45) is 0 Å². The lowest BCUT2D eigenvalue weighted by atomic mass is 10.0. The normalized spacial score (nSPS) is 19.9. The molecule has 2 aromatic rings. The molecule has 6 heteroatoms. The largest absolute Gasteiger partial charge is 0.444 e. The van der Waals surface area contributed by atoms with Crippen molar-refractivity contribution in [3.05, 3.63) is 60.7 Å². The first-order valence-corrected chi connectivity index (χ1v) is 13.8. The molecule has 1 aliphatic heterocycles. The lowest BCUT2D eigenvalue weighted by Crippen LogP contribution is -2.67. The van der Waals surface area contributed by atoms with E-state index in [1.807, 2.05) is 32.9 Å². The number of rotatable bonds is 5. The van der Waals surface area contributed by atoms with Crippen molar-refractivity contribution in [2.75, 3.05) is 6.61 Å². The number of benzene rings is 2. The van der Waals surface area contributed by atoms with Crippen LogP contribution in [0.5, 0.6) is 0 Å². The minimum atomic E-state index is -2.73. The number of ether oxygens (including phenoxy) is 1. The molecular formula is C27H39NO4Si. The maximum Gasteiger partial charge on any atom is 0.412 e. The summed E-state index contributed by atoms with van der Waals surface area (Å²) in [6.45, 7) is 12.6. The van der Waals surface area contributed by atoms with E-state index in [0.29, 0.717) is 13.0 Å². The molecule has 0 aromatic heterocycles. The number of hydrogen-bond donors (Lipinski definition) is 1. The Balaban J connectivity index is 1.99. The number of aliphatic hydroxyl groups is 1. The molecule has 1 unspecified atom stereocenters. The average molecular weight is 470 g/mol. The SMILES string of the molecule is CC(C)(C)OC(=O)N1C(O)CCC[C@H]1CO[Si](c1ccccc1)(c1ccccc1)C(C)(C)C. The highest BCUT2D eigenvalue weighted by molar-refractivity contribution is 6.99. The molecule has 5 nitrogen and oxygen atoms in total. The van der Waals surface area contributed by atoms with Gasteiger partial charge in [0.1, 0.15) is 11.8 Å². The fraction of sp³-hybridized carbons (Fsp3) is 0.519. The Hall–Kier alpha value is -2.15. The maximum absolute atomic E-state index is 13.0. The van der Waals surface area contributed by atoms with Crippen LogP contribution < -0.4 is 10.4 Å². The fourth-order valence-corrected chi connectivity index (χ4v) is 9.39. The fourth-order valence-electron chi connectivity index (χ4n) is 4.79.